The van der Waals surface area contributed by atoms with Crippen LogP contribution >= 0.6 is 11.8 Å². The number of carboxylic acids is 2. The molecule has 0 bridgehead atoms. The van der Waals surface area contributed by atoms with Crippen LogP contribution in [-0.2, 0) is 25.7 Å². The average Bonchev–Trinajstić information content (AvgIpc) is 2.55. The Balaban J connectivity index is 2.39. The Kier molecular flexibility index (Phi) is 8.34. The summed E-state index contributed by atoms with van der Waals surface area (Å²) in [4.78, 5) is 44.5. The summed E-state index contributed by atoms with van der Waals surface area (Å²) in [6.07, 6.45) is -1.23. The van der Waals surface area contributed by atoms with Gasteiger partial charge in [0.15, 0.2) is 5.12 Å². The molecule has 0 aliphatic rings. The first-order chi connectivity index (χ1) is 11.4. The number of thioether (sulfide) groups is 1. The summed E-state index contributed by atoms with van der Waals surface area (Å²) < 4.78 is 4.91. The molecule has 0 aromatic heterocycles. The molecule has 24 heavy (non-hydrogen) atoms. The molecular formula is C15H17NO7S. The molecule has 0 aliphatic carbocycles. The maximum absolute atomic E-state index is 11.6. The molecule has 1 aromatic rings. The third kappa shape index (κ3) is 8.18. The minimum atomic E-state index is -1.30. The zero-order chi connectivity index (χ0) is 17.9. The zero-order valence-corrected chi connectivity index (χ0v) is 13.5. The van der Waals surface area contributed by atoms with Gasteiger partial charge in [-0.3, -0.25) is 9.59 Å². The second-order valence-electron chi connectivity index (χ2n) is 4.69. The number of alkyl carbamates (subject to hydrolysis) is 1. The molecule has 0 fully saturated rings. The summed E-state index contributed by atoms with van der Waals surface area (Å²) in [7, 11) is 0. The first-order valence-electron chi connectivity index (χ1n) is 6.96. The first-order valence-corrected chi connectivity index (χ1v) is 7.94. The van der Waals surface area contributed by atoms with Crippen LogP contribution in [0.1, 0.15) is 18.4 Å². The molecular weight excluding hydrogens is 338 g/mol. The van der Waals surface area contributed by atoms with Crippen LogP contribution in [-0.4, -0.2) is 45.2 Å². The monoisotopic (exact) mass is 355 g/mol. The number of nitrogens with one attached hydrogen (secondary N) is 1. The van der Waals surface area contributed by atoms with Crippen molar-refractivity contribution in [3.05, 3.63) is 35.9 Å². The van der Waals surface area contributed by atoms with E-state index < -0.39 is 29.2 Å². The summed E-state index contributed by atoms with van der Waals surface area (Å²) in [6.45, 7) is -0.00753. The van der Waals surface area contributed by atoms with Crippen molar-refractivity contribution in [3.8, 4) is 0 Å². The van der Waals surface area contributed by atoms with E-state index in [2.05, 4.69) is 5.32 Å². The van der Waals surface area contributed by atoms with Crippen LogP contribution in [0.25, 0.3) is 0 Å². The van der Waals surface area contributed by atoms with Crippen LogP contribution in [0.5, 0.6) is 0 Å². The molecule has 0 spiro atoms. The highest BCUT2D eigenvalue weighted by molar-refractivity contribution is 8.14. The Labute approximate surface area is 142 Å². The van der Waals surface area contributed by atoms with Gasteiger partial charge in [-0.05, 0) is 12.0 Å². The Morgan fingerprint density at radius 3 is 2.38 bits per heavy atom. The van der Waals surface area contributed by atoms with Gasteiger partial charge in [0.2, 0.25) is 0 Å². The summed E-state index contributed by atoms with van der Waals surface area (Å²) >= 11 is 0.589. The number of carboxylic acid groups (broad SMARTS) is 2. The van der Waals surface area contributed by atoms with Crippen LogP contribution in [0.3, 0.4) is 0 Å². The highest BCUT2D eigenvalue weighted by Gasteiger charge is 2.22. The Hall–Kier alpha value is -2.55. The van der Waals surface area contributed by atoms with E-state index in [0.29, 0.717) is 11.8 Å². The summed E-state index contributed by atoms with van der Waals surface area (Å²) in [5.41, 5.74) is 0.750. The minimum absolute atomic E-state index is 0.00753. The normalized spacial score (nSPS) is 11.3. The third-order valence-corrected chi connectivity index (χ3v) is 3.71. The number of carbonyl (C=O) groups is 4. The molecule has 0 heterocycles. The number of rotatable bonds is 9. The molecule has 1 aromatic carbocycles. The zero-order valence-electron chi connectivity index (χ0n) is 12.6. The Morgan fingerprint density at radius 2 is 1.79 bits per heavy atom. The van der Waals surface area contributed by atoms with Gasteiger partial charge in [-0.2, -0.15) is 0 Å². The Bertz CT molecular complexity index is 591. The van der Waals surface area contributed by atoms with Crippen molar-refractivity contribution >= 4 is 34.9 Å². The van der Waals surface area contributed by atoms with E-state index in [1.165, 1.54) is 0 Å². The van der Waals surface area contributed by atoms with Gasteiger partial charge in [-0.1, -0.05) is 42.1 Å². The molecule has 0 aliphatic heterocycles. The van der Waals surface area contributed by atoms with Gasteiger partial charge in [-0.15, -0.1) is 0 Å². The fraction of sp³-hybridized carbons (Fsp3) is 0.333. The van der Waals surface area contributed by atoms with E-state index in [0.717, 1.165) is 5.56 Å². The van der Waals surface area contributed by atoms with Gasteiger partial charge in [0.25, 0.3) is 0 Å². The van der Waals surface area contributed by atoms with Crippen LogP contribution in [0, 0.1) is 0 Å². The standard InChI is InChI=1S/C15H17NO7S/c17-12(18)9-24-13(19)7-6-11(14(20)21)16-15(22)23-8-10-4-2-1-3-5-10/h1-5,11H,6-9H2,(H,16,22)(H,17,18)(H,20,21)/t11-/m0/s1. The van der Waals surface area contributed by atoms with Crippen molar-refractivity contribution in [3.63, 3.8) is 0 Å². The number of hydrogen-bond acceptors (Lipinski definition) is 6. The smallest absolute Gasteiger partial charge is 0.408 e. The lowest BCUT2D eigenvalue weighted by Crippen LogP contribution is -2.41. The van der Waals surface area contributed by atoms with Crippen molar-refractivity contribution in [1.29, 1.82) is 0 Å². The van der Waals surface area contributed by atoms with E-state index in [9.17, 15) is 19.2 Å². The molecule has 0 saturated heterocycles. The fourth-order valence-corrected chi connectivity index (χ4v) is 2.19. The maximum Gasteiger partial charge on any atom is 0.408 e. The highest BCUT2D eigenvalue weighted by Crippen LogP contribution is 2.10. The molecule has 3 N–H and O–H groups in total. The van der Waals surface area contributed by atoms with Crippen molar-refractivity contribution in [2.24, 2.45) is 0 Å². The van der Waals surface area contributed by atoms with Gasteiger partial charge >= 0.3 is 18.0 Å². The predicted molar refractivity (Wildman–Crippen MR) is 85.5 cm³/mol. The average molecular weight is 355 g/mol. The Morgan fingerprint density at radius 1 is 1.12 bits per heavy atom. The van der Waals surface area contributed by atoms with Crippen LogP contribution in [0.2, 0.25) is 0 Å². The van der Waals surface area contributed by atoms with E-state index >= 15 is 0 Å². The molecule has 8 nitrogen and oxygen atoms in total. The molecule has 0 saturated carbocycles. The van der Waals surface area contributed by atoms with Gasteiger partial charge in [0.05, 0.1) is 5.75 Å². The van der Waals surface area contributed by atoms with Gasteiger partial charge in [0.1, 0.15) is 12.6 Å². The number of aliphatic carboxylic acids is 2. The van der Waals surface area contributed by atoms with Crippen molar-refractivity contribution in [1.82, 2.24) is 5.32 Å². The maximum atomic E-state index is 11.6. The molecule has 0 unspecified atom stereocenters. The minimum Gasteiger partial charge on any atom is -0.481 e. The number of benzene rings is 1. The van der Waals surface area contributed by atoms with E-state index in [-0.39, 0.29) is 25.2 Å². The van der Waals surface area contributed by atoms with E-state index in [4.69, 9.17) is 14.9 Å². The lowest BCUT2D eigenvalue weighted by Gasteiger charge is -2.14. The quantitative estimate of drug-likeness (QED) is 0.607. The summed E-state index contributed by atoms with van der Waals surface area (Å²) in [6, 6.07) is 7.57. The third-order valence-electron chi connectivity index (χ3n) is 2.80. The van der Waals surface area contributed by atoms with Gasteiger partial charge in [-0.25, -0.2) is 9.59 Å². The summed E-state index contributed by atoms with van der Waals surface area (Å²) in [5, 5.41) is 19.2. The van der Waals surface area contributed by atoms with Crippen LogP contribution in [0.4, 0.5) is 4.79 Å². The number of hydrogen-bond donors (Lipinski definition) is 3. The molecule has 1 rings (SSSR count). The lowest BCUT2D eigenvalue weighted by atomic mass is 10.2. The first kappa shape index (κ1) is 19.5. The van der Waals surface area contributed by atoms with Gasteiger partial charge < -0.3 is 20.3 Å². The molecule has 1 amide bonds. The van der Waals surface area contributed by atoms with Gasteiger partial charge in [0, 0.05) is 6.42 Å². The topological polar surface area (TPSA) is 130 Å². The van der Waals surface area contributed by atoms with Crippen molar-refractivity contribution in [2.45, 2.75) is 25.5 Å². The predicted octanol–water partition coefficient (Wildman–Crippen LogP) is 1.49. The molecule has 130 valence electrons. The SMILES string of the molecule is O=C(O)CSC(=O)CC[C@H](NC(=O)OCc1ccccc1)C(=O)O. The number of amides is 1. The number of carbonyl (C=O) groups excluding carboxylic acids is 2. The van der Waals surface area contributed by atoms with Crippen molar-refractivity contribution < 1.29 is 34.1 Å². The molecule has 1 atom stereocenters. The molecule has 9 heteroatoms. The second-order valence-corrected chi connectivity index (χ2v) is 5.72. The van der Waals surface area contributed by atoms with Crippen LogP contribution in [0.15, 0.2) is 30.3 Å². The lowest BCUT2D eigenvalue weighted by molar-refractivity contribution is -0.139. The molecule has 0 radical (unpaired) electrons. The highest BCUT2D eigenvalue weighted by atomic mass is 32.2. The van der Waals surface area contributed by atoms with E-state index in [1.807, 2.05) is 6.07 Å². The fourth-order valence-electron chi connectivity index (χ4n) is 1.64. The number of ether oxygens (including phenoxy) is 1. The van der Waals surface area contributed by atoms with Crippen molar-refractivity contribution in [2.75, 3.05) is 5.75 Å². The van der Waals surface area contributed by atoms with E-state index in [1.54, 1.807) is 24.3 Å². The van der Waals surface area contributed by atoms with Crippen LogP contribution < -0.4 is 5.32 Å². The summed E-state index contributed by atoms with van der Waals surface area (Å²) in [5.74, 6) is -2.82. The second kappa shape index (κ2) is 10.3. The largest absolute Gasteiger partial charge is 0.481 e.